The monoisotopic (exact) mass is 233 g/mol. The van der Waals surface area contributed by atoms with E-state index in [1.165, 1.54) is 0 Å². The number of amidine groups is 1. The number of rotatable bonds is 2. The van der Waals surface area contributed by atoms with Gasteiger partial charge >= 0.3 is 0 Å². The van der Waals surface area contributed by atoms with Gasteiger partial charge in [-0.2, -0.15) is 0 Å². The van der Waals surface area contributed by atoms with Crippen LogP contribution in [0.3, 0.4) is 0 Å². The molecule has 0 aromatic carbocycles. The van der Waals surface area contributed by atoms with Crippen LogP contribution in [-0.4, -0.2) is 48.4 Å². The van der Waals surface area contributed by atoms with Gasteiger partial charge in [-0.3, -0.25) is 10.4 Å². The standard InChI is InChI=1S/C12H19N5/c1-9-8-16(2)6-7-17(9)10-4-3-5-15-11(10)12(13)14/h3-5,9H,6-8H2,1-2H3,(H3,13,14). The van der Waals surface area contributed by atoms with Gasteiger partial charge in [-0.1, -0.05) is 0 Å². The summed E-state index contributed by atoms with van der Waals surface area (Å²) in [5.74, 6) is 0.0340. The maximum atomic E-state index is 7.58. The molecule has 1 aromatic rings. The number of nitrogens with zero attached hydrogens (tertiary/aromatic N) is 3. The van der Waals surface area contributed by atoms with Crippen molar-refractivity contribution in [1.82, 2.24) is 9.88 Å². The molecule has 1 aromatic heterocycles. The Labute approximate surface area is 102 Å². The van der Waals surface area contributed by atoms with Crippen LogP contribution >= 0.6 is 0 Å². The second-order valence-corrected chi connectivity index (χ2v) is 4.59. The van der Waals surface area contributed by atoms with Crippen molar-refractivity contribution in [3.63, 3.8) is 0 Å². The third-order valence-electron chi connectivity index (χ3n) is 3.18. The van der Waals surface area contributed by atoms with Gasteiger partial charge in [-0.05, 0) is 26.1 Å². The molecule has 0 radical (unpaired) electrons. The molecule has 1 aliphatic rings. The number of hydrogen-bond acceptors (Lipinski definition) is 4. The number of anilines is 1. The molecule has 5 heteroatoms. The average Bonchev–Trinajstić information content (AvgIpc) is 2.29. The lowest BCUT2D eigenvalue weighted by molar-refractivity contribution is 0.275. The second-order valence-electron chi connectivity index (χ2n) is 4.59. The van der Waals surface area contributed by atoms with Crippen molar-refractivity contribution in [3.05, 3.63) is 24.0 Å². The zero-order valence-corrected chi connectivity index (χ0v) is 10.3. The molecule has 1 unspecified atom stereocenters. The first-order valence-corrected chi connectivity index (χ1v) is 5.84. The van der Waals surface area contributed by atoms with Crippen molar-refractivity contribution < 1.29 is 0 Å². The highest BCUT2D eigenvalue weighted by Crippen LogP contribution is 2.22. The summed E-state index contributed by atoms with van der Waals surface area (Å²) in [6.45, 7) is 5.18. The van der Waals surface area contributed by atoms with E-state index in [2.05, 4.69) is 28.8 Å². The Balaban J connectivity index is 2.30. The Kier molecular flexibility index (Phi) is 3.28. The summed E-state index contributed by atoms with van der Waals surface area (Å²) in [5.41, 5.74) is 7.14. The molecule has 3 N–H and O–H groups in total. The van der Waals surface area contributed by atoms with Crippen molar-refractivity contribution in [2.45, 2.75) is 13.0 Å². The first-order chi connectivity index (χ1) is 8.09. The van der Waals surface area contributed by atoms with Gasteiger partial charge in [0.15, 0.2) is 0 Å². The molecular formula is C12H19N5. The normalized spacial score (nSPS) is 21.5. The average molecular weight is 233 g/mol. The molecule has 5 nitrogen and oxygen atoms in total. The number of nitrogen functional groups attached to an aromatic ring is 1. The summed E-state index contributed by atoms with van der Waals surface area (Å²) < 4.78 is 0. The molecular weight excluding hydrogens is 214 g/mol. The fourth-order valence-corrected chi connectivity index (χ4v) is 2.33. The molecule has 0 spiro atoms. The third kappa shape index (κ3) is 2.39. The minimum atomic E-state index is 0.0340. The van der Waals surface area contributed by atoms with E-state index in [-0.39, 0.29) is 5.84 Å². The van der Waals surface area contributed by atoms with Crippen LogP contribution in [-0.2, 0) is 0 Å². The lowest BCUT2D eigenvalue weighted by atomic mass is 10.1. The number of piperazine rings is 1. The van der Waals surface area contributed by atoms with Crippen LogP contribution in [0.25, 0.3) is 0 Å². The van der Waals surface area contributed by atoms with Crippen LogP contribution in [0.1, 0.15) is 12.6 Å². The van der Waals surface area contributed by atoms with Gasteiger partial charge in [0.05, 0.1) is 5.69 Å². The number of nitrogens with two attached hydrogens (primary N) is 1. The van der Waals surface area contributed by atoms with E-state index in [1.807, 2.05) is 12.1 Å². The fourth-order valence-electron chi connectivity index (χ4n) is 2.33. The molecule has 1 atom stereocenters. The highest BCUT2D eigenvalue weighted by molar-refractivity contribution is 5.98. The molecule has 2 rings (SSSR count). The van der Waals surface area contributed by atoms with Gasteiger partial charge in [0.25, 0.3) is 0 Å². The van der Waals surface area contributed by atoms with Crippen molar-refractivity contribution in [1.29, 1.82) is 5.41 Å². The van der Waals surface area contributed by atoms with Gasteiger partial charge in [-0.25, -0.2) is 0 Å². The number of aromatic nitrogens is 1. The minimum Gasteiger partial charge on any atom is -0.382 e. The van der Waals surface area contributed by atoms with Crippen LogP contribution < -0.4 is 10.6 Å². The third-order valence-corrected chi connectivity index (χ3v) is 3.18. The zero-order valence-electron chi connectivity index (χ0n) is 10.3. The molecule has 2 heterocycles. The Morgan fingerprint density at radius 1 is 1.53 bits per heavy atom. The summed E-state index contributed by atoms with van der Waals surface area (Å²) in [6.07, 6.45) is 1.68. The smallest absolute Gasteiger partial charge is 0.143 e. The van der Waals surface area contributed by atoms with Gasteiger partial charge < -0.3 is 15.5 Å². The van der Waals surface area contributed by atoms with Crippen LogP contribution in [0.4, 0.5) is 5.69 Å². The van der Waals surface area contributed by atoms with E-state index >= 15 is 0 Å². The van der Waals surface area contributed by atoms with E-state index in [9.17, 15) is 0 Å². The summed E-state index contributed by atoms with van der Waals surface area (Å²) in [4.78, 5) is 8.79. The fraction of sp³-hybridized carbons (Fsp3) is 0.500. The van der Waals surface area contributed by atoms with Crippen molar-refractivity contribution >= 4 is 11.5 Å². The molecule has 0 saturated carbocycles. The minimum absolute atomic E-state index is 0.0340. The Morgan fingerprint density at radius 2 is 2.29 bits per heavy atom. The summed E-state index contributed by atoms with van der Waals surface area (Å²) in [6, 6.07) is 4.30. The largest absolute Gasteiger partial charge is 0.382 e. The molecule has 0 aliphatic carbocycles. The predicted octanol–water partition coefficient (Wildman–Crippen LogP) is 0.506. The molecule has 1 fully saturated rings. The summed E-state index contributed by atoms with van der Waals surface area (Å²) >= 11 is 0. The quantitative estimate of drug-likeness (QED) is 0.577. The van der Waals surface area contributed by atoms with E-state index in [1.54, 1.807) is 6.20 Å². The van der Waals surface area contributed by atoms with Crippen LogP contribution in [0.2, 0.25) is 0 Å². The van der Waals surface area contributed by atoms with Crippen molar-refractivity contribution in [3.8, 4) is 0 Å². The maximum absolute atomic E-state index is 7.58. The highest BCUT2D eigenvalue weighted by atomic mass is 15.3. The number of likely N-dealkylation sites (N-methyl/N-ethyl adjacent to an activating group) is 1. The SMILES string of the molecule is CC1CN(C)CCN1c1cccnc1C(=N)N. The summed E-state index contributed by atoms with van der Waals surface area (Å²) in [5, 5.41) is 7.58. The molecule has 92 valence electrons. The maximum Gasteiger partial charge on any atom is 0.143 e. The van der Waals surface area contributed by atoms with Gasteiger partial charge in [0, 0.05) is 31.9 Å². The van der Waals surface area contributed by atoms with E-state index < -0.39 is 0 Å². The number of nitrogens with one attached hydrogen (secondary N) is 1. The lowest BCUT2D eigenvalue weighted by Gasteiger charge is -2.40. The molecule has 1 saturated heterocycles. The van der Waals surface area contributed by atoms with Gasteiger partial charge in [0.2, 0.25) is 0 Å². The number of hydrogen-bond donors (Lipinski definition) is 2. The molecule has 0 bridgehead atoms. The van der Waals surface area contributed by atoms with Crippen LogP contribution in [0.15, 0.2) is 18.3 Å². The number of pyridine rings is 1. The molecule has 1 aliphatic heterocycles. The Bertz CT molecular complexity index is 417. The Morgan fingerprint density at radius 3 is 2.94 bits per heavy atom. The predicted molar refractivity (Wildman–Crippen MR) is 69.6 cm³/mol. The highest BCUT2D eigenvalue weighted by Gasteiger charge is 2.24. The lowest BCUT2D eigenvalue weighted by Crippen LogP contribution is -2.51. The van der Waals surface area contributed by atoms with Crippen molar-refractivity contribution in [2.75, 3.05) is 31.6 Å². The zero-order chi connectivity index (χ0) is 12.4. The first kappa shape index (κ1) is 11.9. The van der Waals surface area contributed by atoms with E-state index in [0.29, 0.717) is 11.7 Å². The first-order valence-electron chi connectivity index (χ1n) is 5.84. The molecule has 0 amide bonds. The second kappa shape index (κ2) is 4.71. The van der Waals surface area contributed by atoms with Crippen molar-refractivity contribution in [2.24, 2.45) is 5.73 Å². The van der Waals surface area contributed by atoms with Crippen LogP contribution in [0.5, 0.6) is 0 Å². The van der Waals surface area contributed by atoms with Crippen LogP contribution in [0, 0.1) is 5.41 Å². The van der Waals surface area contributed by atoms with Gasteiger partial charge in [-0.15, -0.1) is 0 Å². The van der Waals surface area contributed by atoms with E-state index in [4.69, 9.17) is 11.1 Å². The van der Waals surface area contributed by atoms with Gasteiger partial charge in [0.1, 0.15) is 11.5 Å². The Hall–Kier alpha value is -1.62. The molecule has 17 heavy (non-hydrogen) atoms. The van der Waals surface area contributed by atoms with E-state index in [0.717, 1.165) is 25.3 Å². The topological polar surface area (TPSA) is 69.2 Å². The summed E-state index contributed by atoms with van der Waals surface area (Å²) in [7, 11) is 2.13.